The minimum atomic E-state index is -3.03. The Labute approximate surface area is 83.0 Å². The average molecular weight is 218 g/mol. The molecule has 1 heterocycles. The van der Waals surface area contributed by atoms with Gasteiger partial charge in [0.1, 0.15) is 0 Å². The first kappa shape index (κ1) is 11.0. The third-order valence-corrected chi connectivity index (χ3v) is 4.04. The molecular formula is C7H14N4O2S. The van der Waals surface area contributed by atoms with Gasteiger partial charge in [0.25, 0.3) is 0 Å². The predicted molar refractivity (Wildman–Crippen MR) is 53.4 cm³/mol. The number of hydrogen-bond donors (Lipinski definition) is 1. The van der Waals surface area contributed by atoms with Crippen LogP contribution in [0.25, 0.3) is 0 Å². The van der Waals surface area contributed by atoms with Crippen LogP contribution in [-0.4, -0.2) is 34.4 Å². The van der Waals surface area contributed by atoms with Gasteiger partial charge in [-0.05, 0) is 13.8 Å². The Morgan fingerprint density at radius 2 is 2.21 bits per heavy atom. The molecule has 0 radical (unpaired) electrons. The molecule has 0 saturated heterocycles. The molecule has 0 aliphatic carbocycles. The van der Waals surface area contributed by atoms with Crippen molar-refractivity contribution < 1.29 is 8.42 Å². The molecule has 0 aliphatic rings. The van der Waals surface area contributed by atoms with E-state index in [9.17, 15) is 8.42 Å². The van der Waals surface area contributed by atoms with Crippen molar-refractivity contribution in [1.82, 2.24) is 15.0 Å². The first-order valence-electron chi connectivity index (χ1n) is 4.29. The second-order valence-electron chi connectivity index (χ2n) is 3.28. The monoisotopic (exact) mass is 218 g/mol. The first-order valence-corrected chi connectivity index (χ1v) is 6.00. The van der Waals surface area contributed by atoms with Crippen molar-refractivity contribution in [3.63, 3.8) is 0 Å². The molecule has 0 saturated carbocycles. The van der Waals surface area contributed by atoms with E-state index in [4.69, 9.17) is 5.73 Å². The maximum Gasteiger partial charge on any atom is 0.165 e. The topological polar surface area (TPSA) is 90.9 Å². The van der Waals surface area contributed by atoms with E-state index in [1.165, 1.54) is 11.0 Å². The van der Waals surface area contributed by atoms with Crippen LogP contribution in [0, 0.1) is 0 Å². The van der Waals surface area contributed by atoms with Gasteiger partial charge in [-0.3, -0.25) is 0 Å². The van der Waals surface area contributed by atoms with Gasteiger partial charge in [-0.2, -0.15) is 9.90 Å². The number of nitrogens with two attached hydrogens (primary N) is 1. The zero-order valence-electron chi connectivity index (χ0n) is 8.21. The zero-order chi connectivity index (χ0) is 10.8. The number of rotatable bonds is 4. The third-order valence-electron chi connectivity index (χ3n) is 1.85. The van der Waals surface area contributed by atoms with E-state index in [0.29, 0.717) is 5.82 Å². The van der Waals surface area contributed by atoms with Crippen molar-refractivity contribution in [2.45, 2.75) is 25.6 Å². The lowest BCUT2D eigenvalue weighted by Crippen LogP contribution is -2.22. The van der Waals surface area contributed by atoms with Crippen LogP contribution >= 0.6 is 0 Å². The molecule has 0 atom stereocenters. The summed E-state index contributed by atoms with van der Waals surface area (Å²) in [5, 5.41) is 7.22. The Kier molecular flexibility index (Phi) is 3.10. The fourth-order valence-corrected chi connectivity index (χ4v) is 1.75. The van der Waals surface area contributed by atoms with Crippen LogP contribution in [-0.2, 0) is 16.4 Å². The van der Waals surface area contributed by atoms with E-state index in [1.807, 2.05) is 0 Å². The zero-order valence-corrected chi connectivity index (χ0v) is 9.03. The first-order chi connectivity index (χ1) is 6.42. The van der Waals surface area contributed by atoms with Gasteiger partial charge < -0.3 is 5.73 Å². The Balaban J connectivity index is 2.57. The second kappa shape index (κ2) is 3.95. The molecule has 0 spiro atoms. The summed E-state index contributed by atoms with van der Waals surface area (Å²) in [4.78, 5) is 1.29. The molecule has 0 bridgehead atoms. The van der Waals surface area contributed by atoms with Crippen molar-refractivity contribution in [3.8, 4) is 0 Å². The van der Waals surface area contributed by atoms with Crippen molar-refractivity contribution in [2.24, 2.45) is 0 Å². The van der Waals surface area contributed by atoms with E-state index in [-0.39, 0.29) is 17.5 Å². The minimum Gasteiger partial charge on any atom is -0.381 e. The Morgan fingerprint density at radius 3 is 2.64 bits per heavy atom. The molecule has 7 heteroatoms. The number of aryl methyl sites for hydroxylation is 1. The van der Waals surface area contributed by atoms with Gasteiger partial charge >= 0.3 is 0 Å². The molecule has 80 valence electrons. The molecule has 0 aliphatic heterocycles. The van der Waals surface area contributed by atoms with Crippen LogP contribution in [0.1, 0.15) is 13.8 Å². The highest BCUT2D eigenvalue weighted by Gasteiger charge is 2.16. The van der Waals surface area contributed by atoms with Crippen molar-refractivity contribution in [1.29, 1.82) is 0 Å². The smallest absolute Gasteiger partial charge is 0.165 e. The number of hydrogen-bond acceptors (Lipinski definition) is 5. The number of sulfone groups is 1. The normalized spacial score (nSPS) is 12.2. The molecule has 1 rings (SSSR count). The number of aromatic nitrogens is 3. The molecule has 1 aromatic heterocycles. The Bertz CT molecular complexity index is 396. The number of anilines is 1. The molecule has 6 nitrogen and oxygen atoms in total. The predicted octanol–water partition coefficient (Wildman–Crippen LogP) is -0.317. The van der Waals surface area contributed by atoms with Gasteiger partial charge in [0.2, 0.25) is 0 Å². The van der Waals surface area contributed by atoms with Gasteiger partial charge in [0.05, 0.1) is 23.7 Å². The second-order valence-corrected chi connectivity index (χ2v) is 5.96. The summed E-state index contributed by atoms with van der Waals surface area (Å²) in [6.07, 6.45) is 1.39. The lowest BCUT2D eigenvalue weighted by molar-refractivity contribution is 0.545. The maximum absolute atomic E-state index is 11.4. The summed E-state index contributed by atoms with van der Waals surface area (Å²) in [5.74, 6) is 0.339. The van der Waals surface area contributed by atoms with Crippen LogP contribution in [0.4, 0.5) is 5.82 Å². The lowest BCUT2D eigenvalue weighted by atomic mass is 10.6. The molecule has 0 amide bonds. The Hall–Kier alpha value is -1.11. The van der Waals surface area contributed by atoms with Crippen LogP contribution in [0.5, 0.6) is 0 Å². The molecule has 2 N–H and O–H groups in total. The Morgan fingerprint density at radius 1 is 1.57 bits per heavy atom. The van der Waals surface area contributed by atoms with Gasteiger partial charge in [0.15, 0.2) is 15.7 Å². The van der Waals surface area contributed by atoms with E-state index in [1.54, 1.807) is 13.8 Å². The number of nitrogen functional groups attached to an aromatic ring is 1. The fourth-order valence-electron chi connectivity index (χ4n) is 0.863. The van der Waals surface area contributed by atoms with Crippen LogP contribution < -0.4 is 5.73 Å². The maximum atomic E-state index is 11.4. The highest BCUT2D eigenvalue weighted by Crippen LogP contribution is 2.01. The van der Waals surface area contributed by atoms with E-state index in [0.717, 1.165) is 0 Å². The third kappa shape index (κ3) is 2.69. The molecular weight excluding hydrogens is 204 g/mol. The fraction of sp³-hybridized carbons (Fsp3) is 0.714. The molecule has 14 heavy (non-hydrogen) atoms. The summed E-state index contributed by atoms with van der Waals surface area (Å²) in [7, 11) is -3.03. The standard InChI is InChI=1S/C7H14N4O2S/c1-6(2)14(12,13)4-3-11-9-5-7(8)10-11/h5-6H,3-4H2,1-2H3,(H2,8,10). The van der Waals surface area contributed by atoms with E-state index < -0.39 is 9.84 Å². The van der Waals surface area contributed by atoms with E-state index >= 15 is 0 Å². The van der Waals surface area contributed by atoms with Crippen molar-refractivity contribution in [2.75, 3.05) is 11.5 Å². The van der Waals surface area contributed by atoms with Gasteiger partial charge in [-0.25, -0.2) is 8.42 Å². The van der Waals surface area contributed by atoms with Crippen molar-refractivity contribution >= 4 is 15.7 Å². The summed E-state index contributed by atoms with van der Waals surface area (Å²) in [5.41, 5.74) is 5.33. The average Bonchev–Trinajstić information content (AvgIpc) is 2.48. The highest BCUT2D eigenvalue weighted by atomic mass is 32.2. The van der Waals surface area contributed by atoms with Crippen LogP contribution in [0.15, 0.2) is 6.20 Å². The van der Waals surface area contributed by atoms with Crippen LogP contribution in [0.2, 0.25) is 0 Å². The minimum absolute atomic E-state index is 0.0405. The molecule has 0 unspecified atom stereocenters. The summed E-state index contributed by atoms with van der Waals surface area (Å²) in [6.45, 7) is 3.55. The summed E-state index contributed by atoms with van der Waals surface area (Å²) >= 11 is 0. The summed E-state index contributed by atoms with van der Waals surface area (Å²) < 4.78 is 22.8. The SMILES string of the molecule is CC(C)S(=O)(=O)CCn1ncc(N)n1. The largest absolute Gasteiger partial charge is 0.381 e. The molecule has 1 aromatic rings. The molecule has 0 fully saturated rings. The van der Waals surface area contributed by atoms with E-state index in [2.05, 4.69) is 10.2 Å². The van der Waals surface area contributed by atoms with Gasteiger partial charge in [0, 0.05) is 0 Å². The number of nitrogens with zero attached hydrogens (tertiary/aromatic N) is 3. The summed E-state index contributed by atoms with van der Waals surface area (Å²) in [6, 6.07) is 0. The molecule has 0 aromatic carbocycles. The van der Waals surface area contributed by atoms with Crippen LogP contribution in [0.3, 0.4) is 0 Å². The quantitative estimate of drug-likeness (QED) is 0.748. The highest BCUT2D eigenvalue weighted by molar-refractivity contribution is 7.91. The van der Waals surface area contributed by atoms with Gasteiger partial charge in [-0.15, -0.1) is 5.10 Å². The van der Waals surface area contributed by atoms with Crippen molar-refractivity contribution in [3.05, 3.63) is 6.20 Å². The van der Waals surface area contributed by atoms with Gasteiger partial charge in [-0.1, -0.05) is 0 Å². The lowest BCUT2D eigenvalue weighted by Gasteiger charge is -2.06.